The summed E-state index contributed by atoms with van der Waals surface area (Å²) < 4.78 is 5.48. The van der Waals surface area contributed by atoms with E-state index in [4.69, 9.17) is 4.74 Å². The molecule has 174 valence electrons. The maximum Gasteiger partial charge on any atom is 0.407 e. The van der Waals surface area contributed by atoms with Crippen molar-refractivity contribution >= 4 is 18.0 Å². The number of allylic oxidation sites excluding steroid dienone is 1. The van der Waals surface area contributed by atoms with Crippen LogP contribution in [0.25, 0.3) is 11.1 Å². The fourth-order valence-electron chi connectivity index (χ4n) is 3.86. The van der Waals surface area contributed by atoms with Crippen LogP contribution >= 0.6 is 0 Å². The van der Waals surface area contributed by atoms with Gasteiger partial charge in [0.2, 0.25) is 5.91 Å². The van der Waals surface area contributed by atoms with E-state index in [1.807, 2.05) is 48.5 Å². The van der Waals surface area contributed by atoms with Gasteiger partial charge in [-0.2, -0.15) is 0 Å². The molecule has 8 nitrogen and oxygen atoms in total. The minimum atomic E-state index is -1.87. The van der Waals surface area contributed by atoms with Crippen molar-refractivity contribution in [2.24, 2.45) is 0 Å². The van der Waals surface area contributed by atoms with Gasteiger partial charge in [-0.3, -0.25) is 4.79 Å². The molecule has 0 saturated carbocycles. The minimum Gasteiger partial charge on any atom is -0.479 e. The molecule has 0 aliphatic heterocycles. The molecule has 2 amide bonds. The summed E-state index contributed by atoms with van der Waals surface area (Å²) >= 11 is 0. The van der Waals surface area contributed by atoms with Crippen molar-refractivity contribution in [1.82, 2.24) is 10.6 Å². The van der Waals surface area contributed by atoms with Gasteiger partial charge in [-0.25, -0.2) is 9.59 Å². The molecule has 8 heteroatoms. The molecule has 3 rings (SSSR count). The molecule has 0 bridgehead atoms. The number of fused-ring (bicyclic) bond motifs is 3. The van der Waals surface area contributed by atoms with Crippen molar-refractivity contribution in [3.05, 3.63) is 72.3 Å². The normalized spacial score (nSPS) is 14.8. The van der Waals surface area contributed by atoms with Crippen molar-refractivity contribution in [3.8, 4) is 11.1 Å². The molecule has 1 aliphatic carbocycles. The molecule has 33 heavy (non-hydrogen) atoms. The summed E-state index contributed by atoms with van der Waals surface area (Å²) in [6.07, 6.45) is 1.40. The van der Waals surface area contributed by atoms with Crippen LogP contribution in [0.5, 0.6) is 0 Å². The second-order valence-electron chi connectivity index (χ2n) is 8.17. The Kier molecular flexibility index (Phi) is 7.50. The number of aliphatic carboxylic acids is 1. The van der Waals surface area contributed by atoms with Gasteiger partial charge in [-0.15, -0.1) is 6.58 Å². The molecule has 0 aromatic heterocycles. The number of carbonyl (C=O) groups is 3. The Labute approximate surface area is 192 Å². The summed E-state index contributed by atoms with van der Waals surface area (Å²) in [5, 5.41) is 23.5. The fraction of sp³-hybridized carbons (Fsp3) is 0.320. The van der Waals surface area contributed by atoms with E-state index in [2.05, 4.69) is 17.2 Å². The van der Waals surface area contributed by atoms with Crippen LogP contribution in [0.4, 0.5) is 4.79 Å². The van der Waals surface area contributed by atoms with Gasteiger partial charge >= 0.3 is 12.1 Å². The Morgan fingerprint density at radius 2 is 1.70 bits per heavy atom. The third-order valence-electron chi connectivity index (χ3n) is 5.80. The largest absolute Gasteiger partial charge is 0.479 e. The second-order valence-corrected chi connectivity index (χ2v) is 8.17. The molecule has 0 heterocycles. The number of aliphatic hydroxyl groups is 1. The molecular weight excluding hydrogens is 424 g/mol. The zero-order valence-corrected chi connectivity index (χ0v) is 18.4. The van der Waals surface area contributed by atoms with Crippen molar-refractivity contribution in [2.75, 3.05) is 13.2 Å². The highest BCUT2D eigenvalue weighted by atomic mass is 16.5. The number of carbonyl (C=O) groups excluding carboxylic acids is 2. The van der Waals surface area contributed by atoms with Crippen LogP contribution in [0, 0.1) is 0 Å². The quantitative estimate of drug-likeness (QED) is 0.411. The van der Waals surface area contributed by atoms with Gasteiger partial charge in [0.05, 0.1) is 6.61 Å². The van der Waals surface area contributed by atoms with E-state index < -0.39 is 36.2 Å². The lowest BCUT2D eigenvalue weighted by Gasteiger charge is -2.27. The van der Waals surface area contributed by atoms with E-state index >= 15 is 0 Å². The SMILES string of the molecule is C=CCCC(NC(=O)OCC1c2ccccc2-c2ccccc21)C(=O)NC(C)(CO)C(=O)O. The summed E-state index contributed by atoms with van der Waals surface area (Å²) in [7, 11) is 0. The molecule has 2 aromatic carbocycles. The number of carboxylic acids is 1. The number of carboxylic acid groups (broad SMARTS) is 1. The topological polar surface area (TPSA) is 125 Å². The van der Waals surface area contributed by atoms with Crippen LogP contribution in [-0.2, 0) is 14.3 Å². The molecular formula is C25H28N2O6. The first-order chi connectivity index (χ1) is 15.8. The van der Waals surface area contributed by atoms with E-state index in [1.165, 1.54) is 6.92 Å². The number of hydrogen-bond acceptors (Lipinski definition) is 5. The van der Waals surface area contributed by atoms with Crippen LogP contribution in [0.2, 0.25) is 0 Å². The number of amides is 2. The molecule has 2 atom stereocenters. The number of rotatable bonds is 10. The Hall–Kier alpha value is -3.65. The number of hydrogen-bond donors (Lipinski definition) is 4. The predicted molar refractivity (Wildman–Crippen MR) is 123 cm³/mol. The Balaban J connectivity index is 1.68. The number of aliphatic hydroxyl groups excluding tert-OH is 1. The predicted octanol–water partition coefficient (Wildman–Crippen LogP) is 2.81. The number of alkyl carbamates (subject to hydrolysis) is 1. The zero-order chi connectivity index (χ0) is 24.0. The first-order valence-electron chi connectivity index (χ1n) is 10.7. The number of ether oxygens (including phenoxy) is 1. The molecule has 4 N–H and O–H groups in total. The second kappa shape index (κ2) is 10.3. The molecule has 2 unspecified atom stereocenters. The minimum absolute atomic E-state index is 0.0825. The first-order valence-corrected chi connectivity index (χ1v) is 10.7. The lowest BCUT2D eigenvalue weighted by molar-refractivity contribution is -0.149. The van der Waals surface area contributed by atoms with Crippen molar-refractivity contribution < 1.29 is 29.3 Å². The molecule has 1 aliphatic rings. The number of nitrogens with one attached hydrogen (secondary N) is 2. The molecule has 0 saturated heterocycles. The van der Waals surface area contributed by atoms with Gasteiger partial charge in [0.15, 0.2) is 5.54 Å². The maximum absolute atomic E-state index is 12.7. The van der Waals surface area contributed by atoms with E-state index in [9.17, 15) is 24.6 Å². The van der Waals surface area contributed by atoms with Crippen molar-refractivity contribution in [2.45, 2.75) is 37.3 Å². The Morgan fingerprint density at radius 3 is 2.21 bits per heavy atom. The van der Waals surface area contributed by atoms with Crippen molar-refractivity contribution in [1.29, 1.82) is 0 Å². The third-order valence-corrected chi connectivity index (χ3v) is 5.80. The van der Waals surface area contributed by atoms with Gasteiger partial charge in [0, 0.05) is 5.92 Å². The van der Waals surface area contributed by atoms with E-state index in [1.54, 1.807) is 6.08 Å². The van der Waals surface area contributed by atoms with Crippen LogP contribution in [-0.4, -0.2) is 53.0 Å². The highest BCUT2D eigenvalue weighted by Crippen LogP contribution is 2.44. The first kappa shape index (κ1) is 24.0. The smallest absolute Gasteiger partial charge is 0.407 e. The third kappa shape index (κ3) is 5.23. The monoisotopic (exact) mass is 452 g/mol. The van der Waals surface area contributed by atoms with Crippen LogP contribution in [0.1, 0.15) is 36.8 Å². The highest BCUT2D eigenvalue weighted by Gasteiger charge is 2.37. The molecule has 0 spiro atoms. The highest BCUT2D eigenvalue weighted by molar-refractivity contribution is 5.91. The summed E-state index contributed by atoms with van der Waals surface area (Å²) in [5.41, 5.74) is 2.46. The van der Waals surface area contributed by atoms with Crippen LogP contribution in [0.15, 0.2) is 61.2 Å². The van der Waals surface area contributed by atoms with Gasteiger partial charge in [0.1, 0.15) is 12.6 Å². The van der Waals surface area contributed by atoms with Crippen molar-refractivity contribution in [3.63, 3.8) is 0 Å². The summed E-state index contributed by atoms with van der Waals surface area (Å²) in [5.74, 6) is -2.25. The van der Waals surface area contributed by atoms with E-state index in [-0.39, 0.29) is 18.9 Å². The standard InChI is InChI=1S/C25H28N2O6/c1-3-4-13-21(22(29)27-25(2,15-28)23(30)31)26-24(32)33-14-20-18-11-7-5-9-16(18)17-10-6-8-12-19(17)20/h3,5-12,20-21,28H,1,4,13-15H2,2H3,(H,26,32)(H,27,29)(H,30,31). The summed E-state index contributed by atoms with van der Waals surface area (Å²) in [6, 6.07) is 14.8. The van der Waals surface area contributed by atoms with Gasteiger partial charge in [0.25, 0.3) is 0 Å². The fourth-order valence-corrected chi connectivity index (χ4v) is 3.86. The average molecular weight is 453 g/mol. The summed E-state index contributed by atoms with van der Waals surface area (Å²) in [6.45, 7) is 4.08. The lowest BCUT2D eigenvalue weighted by Crippen LogP contribution is -2.59. The van der Waals surface area contributed by atoms with E-state index in [0.717, 1.165) is 22.3 Å². The van der Waals surface area contributed by atoms with Gasteiger partial charge in [-0.05, 0) is 42.0 Å². The van der Waals surface area contributed by atoms with Crippen LogP contribution < -0.4 is 10.6 Å². The van der Waals surface area contributed by atoms with Gasteiger partial charge < -0.3 is 25.6 Å². The average Bonchev–Trinajstić information content (AvgIpc) is 3.13. The zero-order valence-electron chi connectivity index (χ0n) is 18.4. The van der Waals surface area contributed by atoms with E-state index in [0.29, 0.717) is 6.42 Å². The van der Waals surface area contributed by atoms with Gasteiger partial charge in [-0.1, -0.05) is 54.6 Å². The Bertz CT molecular complexity index is 1010. The maximum atomic E-state index is 12.7. The lowest BCUT2D eigenvalue weighted by atomic mass is 9.98. The molecule has 2 aromatic rings. The summed E-state index contributed by atoms with van der Waals surface area (Å²) in [4.78, 5) is 36.6. The van der Waals surface area contributed by atoms with Crippen LogP contribution in [0.3, 0.4) is 0 Å². The Morgan fingerprint density at radius 1 is 1.12 bits per heavy atom. The number of benzene rings is 2. The molecule has 0 radical (unpaired) electrons. The molecule has 0 fully saturated rings.